The van der Waals surface area contributed by atoms with E-state index in [1.807, 2.05) is 13.8 Å². The van der Waals surface area contributed by atoms with Gasteiger partial charge in [0.15, 0.2) is 0 Å². The average Bonchev–Trinajstić information content (AvgIpc) is 2.80. The fraction of sp³-hybridized carbons (Fsp3) is 0.619. The average molecular weight is 384 g/mol. The normalized spacial score (nSPS) is 25.2. The molecule has 138 valence electrons. The second-order valence-electron chi connectivity index (χ2n) is 8.85. The minimum Gasteiger partial charge on any atom is -0.0149 e. The van der Waals surface area contributed by atoms with Crippen molar-refractivity contribution in [3.8, 4) is 0 Å². The molecule has 0 saturated heterocycles. The summed E-state index contributed by atoms with van der Waals surface area (Å²) in [7, 11) is 0. The molecule has 2 aliphatic carbocycles. The molecule has 0 heterocycles. The third-order valence-corrected chi connectivity index (χ3v) is 11.0. The van der Waals surface area contributed by atoms with Crippen LogP contribution in [0.4, 0.5) is 0 Å². The summed E-state index contributed by atoms with van der Waals surface area (Å²) >= 11 is -1.90. The van der Waals surface area contributed by atoms with Gasteiger partial charge in [0.1, 0.15) is 0 Å². The molecule has 24 heavy (non-hydrogen) atoms. The molecule has 3 unspecified atom stereocenters. The van der Waals surface area contributed by atoms with Crippen LogP contribution in [-0.4, -0.2) is 16.5 Å². The van der Waals surface area contributed by atoms with Crippen LogP contribution in [0.25, 0.3) is 0 Å². The van der Waals surface area contributed by atoms with Crippen LogP contribution in [0.15, 0.2) is 48.6 Å². The van der Waals surface area contributed by atoms with Gasteiger partial charge in [0.25, 0.3) is 0 Å². The van der Waals surface area contributed by atoms with Gasteiger partial charge in [0.05, 0.1) is 0 Å². The fourth-order valence-electron chi connectivity index (χ4n) is 3.86. The smallest absolute Gasteiger partial charge is 0.0149 e. The predicted molar refractivity (Wildman–Crippen MR) is 114 cm³/mol. The van der Waals surface area contributed by atoms with Crippen LogP contribution in [0.1, 0.15) is 47.5 Å². The first-order valence-corrected chi connectivity index (χ1v) is 13.7. The van der Waals surface area contributed by atoms with Gasteiger partial charge in [-0.05, 0) is 24.8 Å². The molecule has 3 atom stereocenters. The van der Waals surface area contributed by atoms with E-state index in [9.17, 15) is 0 Å². The Morgan fingerprint density at radius 1 is 1.00 bits per heavy atom. The van der Waals surface area contributed by atoms with Gasteiger partial charge in [0.2, 0.25) is 0 Å². The van der Waals surface area contributed by atoms with Crippen molar-refractivity contribution >= 4 is 11.0 Å². The molecule has 0 aromatic carbocycles. The minimum atomic E-state index is -1.90. The van der Waals surface area contributed by atoms with E-state index in [1.165, 1.54) is 12.8 Å². The quantitative estimate of drug-likeness (QED) is 0.524. The summed E-state index contributed by atoms with van der Waals surface area (Å²) in [5.74, 6) is 1.65. The maximum atomic E-state index is 4.00. The Morgan fingerprint density at radius 2 is 1.50 bits per heavy atom. The van der Waals surface area contributed by atoms with Gasteiger partial charge >= 0.3 is 111 Å². The molecule has 1 N–H and O–H groups in total. The molecular formula is C21H41NSiTi. The second kappa shape index (κ2) is 9.52. The van der Waals surface area contributed by atoms with E-state index in [1.54, 1.807) is 0 Å². The van der Waals surface area contributed by atoms with Crippen molar-refractivity contribution in [1.82, 2.24) is 3.80 Å². The van der Waals surface area contributed by atoms with Crippen molar-refractivity contribution in [1.29, 1.82) is 0 Å². The van der Waals surface area contributed by atoms with E-state index in [2.05, 4.69) is 72.5 Å². The predicted octanol–water partition coefficient (Wildman–Crippen LogP) is 5.17. The van der Waals surface area contributed by atoms with E-state index in [4.69, 9.17) is 0 Å². The molecule has 0 aromatic heterocycles. The first kappa shape index (κ1) is 23.9. The van der Waals surface area contributed by atoms with E-state index in [-0.39, 0.29) is 16.5 Å². The topological polar surface area (TPSA) is 12.0 Å². The summed E-state index contributed by atoms with van der Waals surface area (Å²) in [5.41, 5.74) is 2.40. The first-order valence-electron chi connectivity index (χ1n) is 8.90. The third-order valence-electron chi connectivity index (χ3n) is 4.93. The number of hydrogen-bond donors (Lipinski definition) is 1. The van der Waals surface area contributed by atoms with E-state index in [0.29, 0.717) is 0 Å². The van der Waals surface area contributed by atoms with Gasteiger partial charge in [-0.3, -0.25) is 0 Å². The Bertz CT molecular complexity index is 484. The van der Waals surface area contributed by atoms with Gasteiger partial charge in [-0.2, -0.15) is 0 Å². The maximum absolute atomic E-state index is 4.00. The Balaban J connectivity index is 0.000000655. The SMILES string of the molecule is C=C(C)C(=C)C.CC(C)(C)[NH][Ti]([CH3])([CH3])[CH]1CCC2C=CC=CC21.[SiH4]. The van der Waals surface area contributed by atoms with Crippen LogP contribution in [0.2, 0.25) is 14.7 Å². The zero-order chi connectivity index (χ0) is 17.8. The van der Waals surface area contributed by atoms with E-state index < -0.39 is 16.8 Å². The summed E-state index contributed by atoms with van der Waals surface area (Å²) in [5, 5.41) is 5.12. The molecule has 2 rings (SSSR count). The Morgan fingerprint density at radius 3 is 1.96 bits per heavy atom. The number of rotatable bonds is 3. The monoisotopic (exact) mass is 383 g/mol. The second-order valence-corrected chi connectivity index (χ2v) is 15.8. The Kier molecular flexibility index (Phi) is 9.46. The van der Waals surface area contributed by atoms with Crippen molar-refractivity contribution in [2.45, 2.75) is 67.7 Å². The van der Waals surface area contributed by atoms with Crippen molar-refractivity contribution < 1.29 is 16.8 Å². The Labute approximate surface area is 159 Å². The summed E-state index contributed by atoms with van der Waals surface area (Å²) in [4.78, 5) is 0. The number of hydrogen-bond acceptors (Lipinski definition) is 1. The van der Waals surface area contributed by atoms with E-state index in [0.717, 1.165) is 27.2 Å². The molecule has 0 bridgehead atoms. The molecule has 1 nitrogen and oxygen atoms in total. The number of nitrogens with one attached hydrogen (secondary N) is 1. The number of allylic oxidation sites excluding steroid dienone is 6. The summed E-state index contributed by atoms with van der Waals surface area (Å²) in [6, 6.07) is 0. The van der Waals surface area contributed by atoms with Crippen molar-refractivity contribution in [3.05, 3.63) is 48.6 Å². The number of fused-ring (bicyclic) bond motifs is 1. The first-order chi connectivity index (χ1) is 10.4. The van der Waals surface area contributed by atoms with Gasteiger partial charge in [-0.15, -0.1) is 0 Å². The van der Waals surface area contributed by atoms with Crippen LogP contribution in [0, 0.1) is 11.8 Å². The fourth-order valence-corrected chi connectivity index (χ4v) is 10.6. The van der Waals surface area contributed by atoms with Crippen molar-refractivity contribution in [2.75, 3.05) is 0 Å². The molecule has 0 aliphatic heterocycles. The van der Waals surface area contributed by atoms with Gasteiger partial charge in [0, 0.05) is 0 Å². The van der Waals surface area contributed by atoms with Crippen LogP contribution in [0.3, 0.4) is 0 Å². The summed E-state index contributed by atoms with van der Waals surface area (Å²) in [6.45, 7) is 18.1. The van der Waals surface area contributed by atoms with Gasteiger partial charge in [-0.1, -0.05) is 24.3 Å². The maximum Gasteiger partial charge on any atom is -0.0149 e. The molecule has 2 aliphatic rings. The van der Waals surface area contributed by atoms with Crippen LogP contribution >= 0.6 is 0 Å². The van der Waals surface area contributed by atoms with Crippen LogP contribution in [-0.2, 0) is 16.8 Å². The summed E-state index contributed by atoms with van der Waals surface area (Å²) in [6.07, 6.45) is 12.2. The molecular weight excluding hydrogens is 342 g/mol. The molecule has 1 saturated carbocycles. The zero-order valence-corrected chi connectivity index (χ0v) is 17.9. The van der Waals surface area contributed by atoms with Crippen LogP contribution in [0.5, 0.6) is 0 Å². The zero-order valence-electron chi connectivity index (χ0n) is 16.4. The molecule has 1 fully saturated rings. The molecule has 0 radical (unpaired) electrons. The Hall–Kier alpha value is -0.149. The van der Waals surface area contributed by atoms with Crippen molar-refractivity contribution in [2.24, 2.45) is 11.8 Å². The van der Waals surface area contributed by atoms with Crippen LogP contribution < -0.4 is 3.80 Å². The van der Waals surface area contributed by atoms with Gasteiger partial charge in [-0.25, -0.2) is 0 Å². The molecule has 0 spiro atoms. The molecule has 3 heteroatoms. The van der Waals surface area contributed by atoms with Crippen molar-refractivity contribution in [3.63, 3.8) is 0 Å². The summed E-state index contributed by atoms with van der Waals surface area (Å²) < 4.78 is 4.94. The minimum absolute atomic E-state index is 0. The molecule has 0 amide bonds. The van der Waals surface area contributed by atoms with Gasteiger partial charge < -0.3 is 0 Å². The largest absolute Gasteiger partial charge is 0.0149 e. The molecule has 0 aromatic rings. The van der Waals surface area contributed by atoms with E-state index >= 15 is 0 Å². The standard InChI is InChI=1S/C9H11.C6H10.C4H10N.2CH3.H4Si.Ti/c1-2-5-9-7-3-6-8(9)4-1;1-5(2)6(3)4;1-4(2,3)5;;;;/h1-2,4-6,8-9H,3,7H2;1,3H2,2,4H3;5H,1-3H3;2*1H3;1H4;/q;;-1;;;;+1. The third kappa shape index (κ3) is 7.39.